The zero-order valence-electron chi connectivity index (χ0n) is 14.6. The number of nitrogens with one attached hydrogen (secondary N) is 1. The summed E-state index contributed by atoms with van der Waals surface area (Å²) in [6.45, 7) is 1.85. The molecule has 0 radical (unpaired) electrons. The van der Waals surface area contributed by atoms with Crippen molar-refractivity contribution < 1.29 is 9.90 Å². The second-order valence-corrected chi connectivity index (χ2v) is 7.46. The Kier molecular flexibility index (Phi) is 7.95. The minimum Gasteiger partial charge on any atom is -0.478 e. The first kappa shape index (κ1) is 22.3. The zero-order valence-corrected chi connectivity index (χ0v) is 17.8. The molecule has 0 atom stereocenters. The molecular weight excluding hydrogens is 441 g/mol. The van der Waals surface area contributed by atoms with Gasteiger partial charge in [0.2, 0.25) is 0 Å². The summed E-state index contributed by atoms with van der Waals surface area (Å²) in [5.74, 6) is 0.0669. The highest BCUT2D eigenvalue weighted by Gasteiger charge is 2.12. The lowest BCUT2D eigenvalue weighted by atomic mass is 10.2. The lowest BCUT2D eigenvalue weighted by Crippen LogP contribution is -2.05. The molecule has 0 aliphatic rings. The number of carbonyl (C=O) groups is 1. The first-order chi connectivity index (χ1) is 12.9. The molecule has 3 aromatic rings. The number of aryl methyl sites for hydroxylation is 1. The lowest BCUT2D eigenvalue weighted by Gasteiger charge is -2.11. The molecule has 9 heteroatoms. The van der Waals surface area contributed by atoms with Crippen LogP contribution in [0.3, 0.4) is 0 Å². The Morgan fingerprint density at radius 3 is 2.61 bits per heavy atom. The van der Waals surface area contributed by atoms with Gasteiger partial charge in [0.1, 0.15) is 5.82 Å². The standard InChI is InChI=1S/C19H15Cl2N3O2S.ClH/c1-11-8-17(23-16-7-6-13(20)9-14(16)18(25)26)24-19(22-11)27-10-12-4-2-3-5-15(12)21;/h2-9H,10H2,1H3,(H,25,26)(H,22,23,24);1H. The first-order valence-electron chi connectivity index (χ1n) is 7.94. The third-order valence-electron chi connectivity index (χ3n) is 3.62. The van der Waals surface area contributed by atoms with Crippen molar-refractivity contribution in [1.29, 1.82) is 0 Å². The molecule has 0 bridgehead atoms. The molecule has 5 nitrogen and oxygen atoms in total. The predicted molar refractivity (Wildman–Crippen MR) is 117 cm³/mol. The number of aromatic nitrogens is 2. The van der Waals surface area contributed by atoms with Crippen LogP contribution in [0, 0.1) is 6.92 Å². The van der Waals surface area contributed by atoms with Gasteiger partial charge in [-0.05, 0) is 36.8 Å². The number of aromatic carboxylic acids is 1. The Balaban J connectivity index is 0.00000280. The van der Waals surface area contributed by atoms with E-state index in [0.717, 1.165) is 11.3 Å². The van der Waals surface area contributed by atoms with Gasteiger partial charge >= 0.3 is 5.97 Å². The summed E-state index contributed by atoms with van der Waals surface area (Å²) in [5.41, 5.74) is 2.24. The van der Waals surface area contributed by atoms with Gasteiger partial charge < -0.3 is 10.4 Å². The summed E-state index contributed by atoms with van der Waals surface area (Å²) < 4.78 is 0. The lowest BCUT2D eigenvalue weighted by molar-refractivity contribution is 0.0698. The third-order valence-corrected chi connectivity index (χ3v) is 5.12. The molecule has 146 valence electrons. The van der Waals surface area contributed by atoms with E-state index in [1.54, 1.807) is 18.2 Å². The van der Waals surface area contributed by atoms with Gasteiger partial charge in [0, 0.05) is 27.6 Å². The monoisotopic (exact) mass is 455 g/mol. The van der Waals surface area contributed by atoms with Crippen LogP contribution >= 0.6 is 47.4 Å². The van der Waals surface area contributed by atoms with E-state index in [-0.39, 0.29) is 18.0 Å². The van der Waals surface area contributed by atoms with Crippen LogP contribution in [0.2, 0.25) is 10.0 Å². The number of benzene rings is 2. The van der Waals surface area contributed by atoms with Crippen molar-refractivity contribution in [3.63, 3.8) is 0 Å². The molecule has 2 N–H and O–H groups in total. The second-order valence-electron chi connectivity index (χ2n) is 5.68. The van der Waals surface area contributed by atoms with Crippen molar-refractivity contribution in [2.75, 3.05) is 5.32 Å². The van der Waals surface area contributed by atoms with E-state index in [9.17, 15) is 9.90 Å². The highest BCUT2D eigenvalue weighted by Crippen LogP contribution is 2.27. The molecule has 0 saturated heterocycles. The molecule has 0 fully saturated rings. The normalized spacial score (nSPS) is 10.2. The summed E-state index contributed by atoms with van der Waals surface area (Å²) in [5, 5.41) is 14.0. The number of halogens is 3. The third kappa shape index (κ3) is 5.75. The van der Waals surface area contributed by atoms with E-state index < -0.39 is 5.97 Å². The Bertz CT molecular complexity index is 1000. The van der Waals surface area contributed by atoms with E-state index in [1.165, 1.54) is 17.8 Å². The first-order valence-corrected chi connectivity index (χ1v) is 9.68. The van der Waals surface area contributed by atoms with E-state index in [2.05, 4.69) is 15.3 Å². The largest absolute Gasteiger partial charge is 0.478 e. The predicted octanol–water partition coefficient (Wildman–Crippen LogP) is 6.25. The van der Waals surface area contributed by atoms with Crippen LogP contribution in [0.25, 0.3) is 0 Å². The average Bonchev–Trinajstić information content (AvgIpc) is 2.62. The summed E-state index contributed by atoms with van der Waals surface area (Å²) >= 11 is 13.5. The number of rotatable bonds is 6. The molecule has 0 unspecified atom stereocenters. The molecule has 1 heterocycles. The number of hydrogen-bond acceptors (Lipinski definition) is 5. The molecule has 0 amide bonds. The molecule has 0 spiro atoms. The van der Waals surface area contributed by atoms with E-state index in [1.807, 2.05) is 31.2 Å². The molecule has 3 rings (SSSR count). The summed E-state index contributed by atoms with van der Waals surface area (Å²) in [4.78, 5) is 20.3. The van der Waals surface area contributed by atoms with Gasteiger partial charge in [-0.15, -0.1) is 12.4 Å². The van der Waals surface area contributed by atoms with E-state index in [0.29, 0.717) is 32.5 Å². The maximum absolute atomic E-state index is 11.4. The molecule has 1 aromatic heterocycles. The highest BCUT2D eigenvalue weighted by molar-refractivity contribution is 7.98. The van der Waals surface area contributed by atoms with Crippen molar-refractivity contribution in [3.8, 4) is 0 Å². The van der Waals surface area contributed by atoms with Gasteiger partial charge in [-0.2, -0.15) is 0 Å². The number of nitrogens with zero attached hydrogens (tertiary/aromatic N) is 2. The van der Waals surface area contributed by atoms with Crippen LogP contribution in [0.5, 0.6) is 0 Å². The quantitative estimate of drug-likeness (QED) is 0.337. The van der Waals surface area contributed by atoms with Crippen molar-refractivity contribution in [2.45, 2.75) is 17.8 Å². The Hall–Kier alpha value is -1.99. The Morgan fingerprint density at radius 1 is 1.14 bits per heavy atom. The SMILES string of the molecule is Cc1cc(Nc2ccc(Cl)cc2C(=O)O)nc(SCc2ccccc2Cl)n1.Cl. The summed E-state index contributed by atoms with van der Waals surface area (Å²) in [6.07, 6.45) is 0. The zero-order chi connectivity index (χ0) is 19.4. The van der Waals surface area contributed by atoms with Crippen molar-refractivity contribution in [3.05, 3.63) is 75.4 Å². The minimum absolute atomic E-state index is 0. The summed E-state index contributed by atoms with van der Waals surface area (Å²) in [6, 6.07) is 14.0. The second kappa shape index (κ2) is 9.98. The van der Waals surface area contributed by atoms with Crippen LogP contribution in [0.15, 0.2) is 53.7 Å². The van der Waals surface area contributed by atoms with Crippen molar-refractivity contribution in [1.82, 2.24) is 9.97 Å². The van der Waals surface area contributed by atoms with Gasteiger partial charge in [0.05, 0.1) is 11.3 Å². The van der Waals surface area contributed by atoms with Gasteiger partial charge in [0.15, 0.2) is 5.16 Å². The molecule has 0 saturated carbocycles. The van der Waals surface area contributed by atoms with Crippen LogP contribution < -0.4 is 5.32 Å². The van der Waals surface area contributed by atoms with Crippen LogP contribution in [0.4, 0.5) is 11.5 Å². The fourth-order valence-corrected chi connectivity index (χ4v) is 3.73. The molecular formula is C19H16Cl3N3O2S. The van der Waals surface area contributed by atoms with E-state index >= 15 is 0 Å². The van der Waals surface area contributed by atoms with Crippen molar-refractivity contribution >= 4 is 64.8 Å². The number of anilines is 2. The van der Waals surface area contributed by atoms with Crippen molar-refractivity contribution in [2.24, 2.45) is 0 Å². The smallest absolute Gasteiger partial charge is 0.337 e. The Morgan fingerprint density at radius 2 is 1.89 bits per heavy atom. The summed E-state index contributed by atoms with van der Waals surface area (Å²) in [7, 11) is 0. The average molecular weight is 457 g/mol. The minimum atomic E-state index is -1.07. The number of carboxylic acid groups (broad SMARTS) is 1. The Labute approximate surface area is 182 Å². The van der Waals surface area contributed by atoms with Crippen LogP contribution in [-0.2, 0) is 5.75 Å². The van der Waals surface area contributed by atoms with Gasteiger partial charge in [-0.25, -0.2) is 14.8 Å². The van der Waals surface area contributed by atoms with Gasteiger partial charge in [0.25, 0.3) is 0 Å². The maximum atomic E-state index is 11.4. The number of carboxylic acids is 1. The fraction of sp³-hybridized carbons (Fsp3) is 0.105. The molecule has 28 heavy (non-hydrogen) atoms. The highest BCUT2D eigenvalue weighted by atomic mass is 35.5. The fourth-order valence-electron chi connectivity index (χ4n) is 2.37. The van der Waals surface area contributed by atoms with Gasteiger partial charge in [-0.3, -0.25) is 0 Å². The van der Waals surface area contributed by atoms with Crippen LogP contribution in [0.1, 0.15) is 21.6 Å². The maximum Gasteiger partial charge on any atom is 0.337 e. The van der Waals surface area contributed by atoms with E-state index in [4.69, 9.17) is 23.2 Å². The molecule has 2 aromatic carbocycles. The van der Waals surface area contributed by atoms with Crippen LogP contribution in [-0.4, -0.2) is 21.0 Å². The van der Waals surface area contributed by atoms with Gasteiger partial charge in [-0.1, -0.05) is 53.2 Å². The number of thioether (sulfide) groups is 1. The number of hydrogen-bond donors (Lipinski definition) is 2. The molecule has 0 aliphatic carbocycles. The molecule has 0 aliphatic heterocycles. The topological polar surface area (TPSA) is 75.1 Å².